The molecule has 2 saturated heterocycles. The van der Waals surface area contributed by atoms with Crippen LogP contribution in [0.4, 0.5) is 0 Å². The molecule has 0 aliphatic carbocycles. The summed E-state index contributed by atoms with van der Waals surface area (Å²) in [4.78, 5) is 13.9. The van der Waals surface area contributed by atoms with Crippen molar-refractivity contribution in [2.45, 2.75) is 19.4 Å². The molecule has 0 saturated carbocycles. The Labute approximate surface area is 120 Å². The Morgan fingerprint density at radius 2 is 1.95 bits per heavy atom. The molecule has 0 bridgehead atoms. The minimum absolute atomic E-state index is 0.0218. The summed E-state index contributed by atoms with van der Waals surface area (Å²) in [5, 5.41) is 2.99. The average molecular weight is 274 g/mol. The van der Waals surface area contributed by atoms with Crippen LogP contribution in [-0.4, -0.2) is 43.7 Å². The normalized spacial score (nSPS) is 23.3. The van der Waals surface area contributed by atoms with E-state index in [0.717, 1.165) is 39.0 Å². The van der Waals surface area contributed by atoms with Crippen LogP contribution in [0.2, 0.25) is 0 Å². The lowest BCUT2D eigenvalue weighted by Gasteiger charge is -2.40. The molecule has 20 heavy (non-hydrogen) atoms. The third-order valence-electron chi connectivity index (χ3n) is 4.47. The molecule has 0 radical (unpaired) electrons. The van der Waals surface area contributed by atoms with Gasteiger partial charge in [0.25, 0.3) is 0 Å². The highest BCUT2D eigenvalue weighted by Gasteiger charge is 2.36. The smallest absolute Gasteiger partial charge is 0.246 e. The molecule has 1 N–H and O–H groups in total. The number of nitrogens with zero attached hydrogens (tertiary/aromatic N) is 1. The molecule has 1 aromatic rings. The molecule has 4 heteroatoms. The number of amides is 1. The minimum Gasteiger partial charge on any atom is -0.371 e. The van der Waals surface area contributed by atoms with Gasteiger partial charge in [0.2, 0.25) is 5.91 Å². The SMILES string of the molecule is O=C1COCC2(CCN(Cc3ccccc3)CC2)CN1. The minimum atomic E-state index is 0.0218. The van der Waals surface area contributed by atoms with Crippen LogP contribution in [0.5, 0.6) is 0 Å². The molecule has 108 valence electrons. The van der Waals surface area contributed by atoms with E-state index in [1.165, 1.54) is 5.56 Å². The summed E-state index contributed by atoms with van der Waals surface area (Å²) in [6, 6.07) is 10.6. The molecule has 0 unspecified atom stereocenters. The maximum atomic E-state index is 11.4. The standard InChI is InChI=1S/C16H22N2O2/c19-15-11-20-13-16(12-17-15)6-8-18(9-7-16)10-14-4-2-1-3-5-14/h1-5H,6-13H2,(H,17,19). The van der Waals surface area contributed by atoms with Gasteiger partial charge in [-0.05, 0) is 31.5 Å². The van der Waals surface area contributed by atoms with E-state index in [2.05, 4.69) is 40.5 Å². The van der Waals surface area contributed by atoms with Crippen LogP contribution in [0.1, 0.15) is 18.4 Å². The number of carbonyl (C=O) groups is 1. The van der Waals surface area contributed by atoms with Gasteiger partial charge in [0.1, 0.15) is 6.61 Å². The van der Waals surface area contributed by atoms with Crippen LogP contribution in [0, 0.1) is 5.41 Å². The van der Waals surface area contributed by atoms with Crippen molar-refractivity contribution in [3.05, 3.63) is 35.9 Å². The maximum Gasteiger partial charge on any atom is 0.246 e. The van der Waals surface area contributed by atoms with Gasteiger partial charge < -0.3 is 10.1 Å². The predicted octanol–water partition coefficient (Wildman–Crippen LogP) is 1.42. The van der Waals surface area contributed by atoms with Gasteiger partial charge in [0.15, 0.2) is 0 Å². The Balaban J connectivity index is 1.55. The monoisotopic (exact) mass is 274 g/mol. The molecule has 3 rings (SSSR count). The van der Waals surface area contributed by atoms with E-state index in [1.54, 1.807) is 0 Å². The summed E-state index contributed by atoms with van der Waals surface area (Å²) in [6.45, 7) is 4.87. The molecule has 0 aromatic heterocycles. The summed E-state index contributed by atoms with van der Waals surface area (Å²) < 4.78 is 5.52. The van der Waals surface area contributed by atoms with Crippen LogP contribution in [0.3, 0.4) is 0 Å². The van der Waals surface area contributed by atoms with Crippen molar-refractivity contribution in [1.29, 1.82) is 0 Å². The second kappa shape index (κ2) is 5.94. The Bertz CT molecular complexity index is 453. The molecule has 0 atom stereocenters. The van der Waals surface area contributed by atoms with Crippen molar-refractivity contribution in [2.75, 3.05) is 32.8 Å². The fraction of sp³-hybridized carbons (Fsp3) is 0.562. The highest BCUT2D eigenvalue weighted by molar-refractivity contribution is 5.77. The van der Waals surface area contributed by atoms with Crippen molar-refractivity contribution in [1.82, 2.24) is 10.2 Å². The van der Waals surface area contributed by atoms with Crippen molar-refractivity contribution < 1.29 is 9.53 Å². The lowest BCUT2D eigenvalue weighted by atomic mass is 9.79. The zero-order valence-corrected chi connectivity index (χ0v) is 11.8. The van der Waals surface area contributed by atoms with Crippen LogP contribution in [-0.2, 0) is 16.1 Å². The first-order valence-electron chi connectivity index (χ1n) is 7.37. The Hall–Kier alpha value is -1.39. The fourth-order valence-corrected chi connectivity index (χ4v) is 3.10. The van der Waals surface area contributed by atoms with Gasteiger partial charge in [-0.25, -0.2) is 0 Å². The van der Waals surface area contributed by atoms with Gasteiger partial charge in [-0.2, -0.15) is 0 Å². The molecule has 2 aliphatic heterocycles. The van der Waals surface area contributed by atoms with Crippen molar-refractivity contribution in [3.8, 4) is 0 Å². The first kappa shape index (κ1) is 13.6. The summed E-state index contributed by atoms with van der Waals surface area (Å²) in [5.41, 5.74) is 1.52. The number of nitrogens with one attached hydrogen (secondary N) is 1. The number of hydrogen-bond acceptors (Lipinski definition) is 3. The molecular formula is C16H22N2O2. The molecule has 1 spiro atoms. The Morgan fingerprint density at radius 1 is 1.20 bits per heavy atom. The molecule has 4 nitrogen and oxygen atoms in total. The lowest BCUT2D eigenvalue weighted by molar-refractivity contribution is -0.124. The lowest BCUT2D eigenvalue weighted by Crippen LogP contribution is -2.46. The first-order valence-corrected chi connectivity index (χ1v) is 7.37. The van der Waals surface area contributed by atoms with Gasteiger partial charge >= 0.3 is 0 Å². The molecule has 2 fully saturated rings. The summed E-state index contributed by atoms with van der Waals surface area (Å²) in [5.74, 6) is 0.0218. The molecule has 2 heterocycles. The first-order chi connectivity index (χ1) is 9.76. The van der Waals surface area contributed by atoms with Crippen LogP contribution in [0.25, 0.3) is 0 Å². The number of carbonyl (C=O) groups excluding carboxylic acids is 1. The van der Waals surface area contributed by atoms with E-state index in [4.69, 9.17) is 4.74 Å². The molecule has 2 aliphatic rings. The van der Waals surface area contributed by atoms with Crippen LogP contribution >= 0.6 is 0 Å². The summed E-state index contributed by atoms with van der Waals surface area (Å²) in [6.07, 6.45) is 2.19. The number of benzene rings is 1. The van der Waals surface area contributed by atoms with Crippen molar-refractivity contribution >= 4 is 5.91 Å². The number of ether oxygens (including phenoxy) is 1. The summed E-state index contributed by atoms with van der Waals surface area (Å²) in [7, 11) is 0. The zero-order chi connectivity index (χ0) is 13.8. The van der Waals surface area contributed by atoms with Crippen LogP contribution in [0.15, 0.2) is 30.3 Å². The third kappa shape index (κ3) is 3.19. The second-order valence-corrected chi connectivity index (χ2v) is 6.03. The van der Waals surface area contributed by atoms with Gasteiger partial charge in [-0.3, -0.25) is 9.69 Å². The van der Waals surface area contributed by atoms with E-state index >= 15 is 0 Å². The molecule has 1 aromatic carbocycles. The van der Waals surface area contributed by atoms with Gasteiger partial charge in [0, 0.05) is 18.5 Å². The van der Waals surface area contributed by atoms with E-state index in [9.17, 15) is 4.79 Å². The van der Waals surface area contributed by atoms with Gasteiger partial charge in [0.05, 0.1) is 6.61 Å². The number of likely N-dealkylation sites (tertiary alicyclic amines) is 1. The second-order valence-electron chi connectivity index (χ2n) is 6.03. The Kier molecular flexibility index (Phi) is 4.03. The topological polar surface area (TPSA) is 41.6 Å². The Morgan fingerprint density at radius 3 is 2.70 bits per heavy atom. The van der Waals surface area contributed by atoms with E-state index < -0.39 is 0 Å². The van der Waals surface area contributed by atoms with Crippen LogP contribution < -0.4 is 5.32 Å². The maximum absolute atomic E-state index is 11.4. The molecular weight excluding hydrogens is 252 g/mol. The van der Waals surface area contributed by atoms with Gasteiger partial charge in [-0.1, -0.05) is 30.3 Å². The predicted molar refractivity (Wildman–Crippen MR) is 77.2 cm³/mol. The number of piperidine rings is 1. The highest BCUT2D eigenvalue weighted by Crippen LogP contribution is 2.32. The van der Waals surface area contributed by atoms with Crippen molar-refractivity contribution in [2.24, 2.45) is 5.41 Å². The number of hydrogen-bond donors (Lipinski definition) is 1. The fourth-order valence-electron chi connectivity index (χ4n) is 3.10. The van der Waals surface area contributed by atoms with E-state index in [-0.39, 0.29) is 17.9 Å². The largest absolute Gasteiger partial charge is 0.371 e. The summed E-state index contributed by atoms with van der Waals surface area (Å²) >= 11 is 0. The van der Waals surface area contributed by atoms with Crippen molar-refractivity contribution in [3.63, 3.8) is 0 Å². The zero-order valence-electron chi connectivity index (χ0n) is 11.8. The average Bonchev–Trinajstić information content (AvgIpc) is 2.66. The third-order valence-corrected chi connectivity index (χ3v) is 4.47. The number of rotatable bonds is 2. The quantitative estimate of drug-likeness (QED) is 0.886. The van der Waals surface area contributed by atoms with Gasteiger partial charge in [-0.15, -0.1) is 0 Å². The molecule has 1 amide bonds. The van der Waals surface area contributed by atoms with E-state index in [0.29, 0.717) is 6.61 Å². The highest BCUT2D eigenvalue weighted by atomic mass is 16.5. The van der Waals surface area contributed by atoms with E-state index in [1.807, 2.05) is 0 Å².